The first-order valence-electron chi connectivity index (χ1n) is 40.1. The van der Waals surface area contributed by atoms with Crippen LogP contribution >= 0.6 is 0 Å². The van der Waals surface area contributed by atoms with Gasteiger partial charge in [-0.2, -0.15) is 0 Å². The van der Waals surface area contributed by atoms with Crippen molar-refractivity contribution in [2.24, 2.45) is 29.0 Å². The number of imidazole rings is 1. The van der Waals surface area contributed by atoms with Gasteiger partial charge in [0.2, 0.25) is 88.6 Å². The highest BCUT2D eigenvalue weighted by Crippen LogP contribution is 2.31. The van der Waals surface area contributed by atoms with Crippen molar-refractivity contribution in [1.82, 2.24) is 79.1 Å². The average molecular weight is 1690 g/mol. The second-order valence-electron chi connectivity index (χ2n) is 30.7. The Hall–Kier alpha value is -12.5. The minimum Gasteiger partial charge on any atom is -0.508 e. The van der Waals surface area contributed by atoms with Crippen LogP contribution in [0.2, 0.25) is 0 Å². The quantitative estimate of drug-likeness (QED) is 0.0169. The lowest BCUT2D eigenvalue weighted by atomic mass is 9.80. The van der Waals surface area contributed by atoms with Crippen molar-refractivity contribution in [2.75, 3.05) is 13.2 Å². The number of hydrogen-bond donors (Lipinski definition) is 22. The van der Waals surface area contributed by atoms with E-state index in [0.29, 0.717) is 47.8 Å². The number of hydrogen-bond acceptors (Lipinski definition) is 22. The maximum absolute atomic E-state index is 15.3. The van der Waals surface area contributed by atoms with Crippen LogP contribution in [0.3, 0.4) is 0 Å². The van der Waals surface area contributed by atoms with Crippen LogP contribution < -0.4 is 86.3 Å². The Kier molecular flexibility index (Phi) is 39.1. The number of unbranched alkanes of at least 4 members (excludes halogenated alkanes) is 1. The van der Waals surface area contributed by atoms with Crippen LogP contribution in [0, 0.1) is 11.8 Å². The largest absolute Gasteiger partial charge is 0.508 e. The van der Waals surface area contributed by atoms with Gasteiger partial charge in [0.05, 0.1) is 30.8 Å². The lowest BCUT2D eigenvalue weighted by Crippen LogP contribution is -2.62. The number of carboxylic acid groups (broad SMARTS) is 1. The summed E-state index contributed by atoms with van der Waals surface area (Å²) >= 11 is 0. The number of carboxylic acids is 1. The molecule has 658 valence electrons. The number of fused-ring (bicyclic) bond motifs is 1. The molecule has 1 aromatic heterocycles. The normalized spacial score (nSPS) is 15.6. The lowest BCUT2D eigenvalue weighted by Gasteiger charge is -2.32. The molecule has 6 rings (SSSR count). The highest BCUT2D eigenvalue weighted by atomic mass is 16.4. The van der Waals surface area contributed by atoms with E-state index in [2.05, 4.69) is 79.1 Å². The molecule has 0 aliphatic heterocycles. The number of H-pyrrole nitrogens is 1. The number of nitrogens with two attached hydrogens (primary N) is 3. The number of rotatable bonds is 51. The van der Waals surface area contributed by atoms with E-state index in [1.54, 1.807) is 80.6 Å². The van der Waals surface area contributed by atoms with Crippen LogP contribution in [0.4, 0.5) is 0 Å². The van der Waals surface area contributed by atoms with Crippen molar-refractivity contribution in [3.63, 3.8) is 0 Å². The van der Waals surface area contributed by atoms with Gasteiger partial charge in [-0.15, -0.1) is 0 Å². The number of carbonyl (C=O) groups excluding carboxylic acids is 15. The maximum Gasteiger partial charge on any atom is 0.303 e. The van der Waals surface area contributed by atoms with Gasteiger partial charge in [-0.3, -0.25) is 76.7 Å². The van der Waals surface area contributed by atoms with Gasteiger partial charge in [-0.05, 0) is 124 Å². The number of primary amides is 2. The Morgan fingerprint density at radius 2 is 0.909 bits per heavy atom. The standard InChI is InChI=1S/C82H114N18O21/c1-43(2)33-59(89-47(6)104)78(117)99-68(45(4)102)81(120)97-61(35-48-15-8-7-9-16-48)75(114)92-58(29-31-67(107)108)73(112)96-64(39-54-40-86-42-87-54)77(116)94-60(37-50-23-26-55(105)27-24-50)76(115)95-63(38-51-22-25-52-19-10-11-20-53(52)34-51)74(113)88-44(3)71(110)91-57(28-30-66(84)106)72(111)93-62(36-49-17-14-18-49)79(118)100-69(46(5)103)82(121)98-65(41-101)80(119)90-56(70(85)109)21-12-13-32-83/h7-11,15-16,19-20,22-27,34,40,42-46,49,56-65,68-69,101-103,105H,12-14,17-18,21,28-33,35-39,41,83H2,1-6H3,(H2,84,106)(H2,85,109)(H,86,87)(H,88,113)(H,89,104)(H,90,119)(H,91,110)(H,92,114)(H,93,111)(H,94,116)(H,95,115)(H,96,112)(H,97,120)(H,98,121)(H,99,117)(H,100,118)(H,107,108)/t44-,45+,46+,56-,57-,58-,59-,60-,61-,62-,63-,64-,65-,68-,69-/m0/s1. The zero-order valence-corrected chi connectivity index (χ0v) is 68.4. The highest BCUT2D eigenvalue weighted by molar-refractivity contribution is 6.01. The molecule has 1 aliphatic rings. The van der Waals surface area contributed by atoms with Crippen LogP contribution in [0.15, 0.2) is 110 Å². The molecule has 1 saturated carbocycles. The number of phenolic OH excluding ortho intramolecular Hbond substituents is 1. The third-order valence-corrected chi connectivity index (χ3v) is 20.1. The molecule has 25 N–H and O–H groups in total. The molecule has 0 bridgehead atoms. The average Bonchev–Trinajstić information content (AvgIpc) is 0.922. The van der Waals surface area contributed by atoms with Crippen molar-refractivity contribution in [3.8, 4) is 5.75 Å². The minimum absolute atomic E-state index is 0.0368. The smallest absolute Gasteiger partial charge is 0.303 e. The summed E-state index contributed by atoms with van der Waals surface area (Å²) in [5.41, 5.74) is 18.0. The molecular weight excluding hydrogens is 1570 g/mol. The van der Waals surface area contributed by atoms with E-state index in [0.717, 1.165) is 18.7 Å². The van der Waals surface area contributed by atoms with E-state index < -0.39 is 224 Å². The molecule has 1 aliphatic carbocycles. The number of aromatic nitrogens is 2. The number of aliphatic hydroxyl groups is 3. The Bertz CT molecular complexity index is 4380. The summed E-state index contributed by atoms with van der Waals surface area (Å²) in [6.45, 7) is 7.63. The number of nitrogens with zero attached hydrogens (tertiary/aromatic N) is 1. The molecule has 1 heterocycles. The fourth-order valence-corrected chi connectivity index (χ4v) is 13.2. The first kappa shape index (κ1) is 97.3. The molecule has 1 fully saturated rings. The number of aliphatic hydroxyl groups excluding tert-OH is 3. The molecular formula is C82H114N18O21. The molecule has 0 spiro atoms. The number of benzene rings is 4. The summed E-state index contributed by atoms with van der Waals surface area (Å²) in [5, 5.41) is 86.3. The van der Waals surface area contributed by atoms with Crippen LogP contribution in [0.25, 0.3) is 10.8 Å². The fraction of sp³-hybridized carbons (Fsp3) is 0.500. The van der Waals surface area contributed by atoms with Gasteiger partial charge in [0, 0.05) is 51.6 Å². The van der Waals surface area contributed by atoms with Gasteiger partial charge >= 0.3 is 5.97 Å². The van der Waals surface area contributed by atoms with Crippen LogP contribution in [-0.4, -0.2) is 234 Å². The number of amides is 15. The zero-order chi connectivity index (χ0) is 89.2. The highest BCUT2D eigenvalue weighted by Gasteiger charge is 2.40. The van der Waals surface area contributed by atoms with E-state index >= 15 is 14.4 Å². The second kappa shape index (κ2) is 48.5. The van der Waals surface area contributed by atoms with Crippen molar-refractivity contribution in [2.45, 2.75) is 235 Å². The Balaban J connectivity index is 1.27. The first-order chi connectivity index (χ1) is 57.4. The molecule has 5 aromatic rings. The number of carbonyl (C=O) groups is 16. The molecule has 0 saturated heterocycles. The van der Waals surface area contributed by atoms with E-state index in [1.165, 1.54) is 57.6 Å². The minimum atomic E-state index is -1.83. The van der Waals surface area contributed by atoms with Crippen LogP contribution in [-0.2, 0) is 102 Å². The van der Waals surface area contributed by atoms with Gasteiger partial charge in [0.15, 0.2) is 0 Å². The van der Waals surface area contributed by atoms with Crippen molar-refractivity contribution in [1.29, 1.82) is 0 Å². The number of nitrogens with one attached hydrogen (secondary N) is 14. The molecule has 15 atom stereocenters. The summed E-state index contributed by atoms with van der Waals surface area (Å²) in [4.78, 5) is 229. The predicted octanol–water partition coefficient (Wildman–Crippen LogP) is -3.38. The summed E-state index contributed by atoms with van der Waals surface area (Å²) in [7, 11) is 0. The van der Waals surface area contributed by atoms with Gasteiger partial charge in [0.1, 0.15) is 84.3 Å². The SMILES string of the molecule is CC(=O)N[C@@H](CC(C)C)C(=O)N[C@H](C(=O)N[C@@H](Cc1ccccc1)C(=O)N[C@@H](CCC(=O)O)C(=O)N[C@@H](Cc1c[nH]cn1)C(=O)N[C@@H](Cc1ccc(O)cc1)C(=O)N[C@@H](Cc1ccc2ccccc2c1)C(=O)N[C@@H](C)C(=O)N[C@@H](CCC(N)=O)C(=O)N[C@@H](CC1CCC1)C(=O)N[C@H](C(=O)N[C@@H](CO)C(=O)N[C@@H](CCCCN)C(N)=O)[C@@H](C)O)[C@@H](C)O. The molecule has 39 heteroatoms. The predicted molar refractivity (Wildman–Crippen MR) is 438 cm³/mol. The Morgan fingerprint density at radius 1 is 0.463 bits per heavy atom. The molecule has 0 radical (unpaired) electrons. The van der Waals surface area contributed by atoms with E-state index in [-0.39, 0.29) is 68.3 Å². The van der Waals surface area contributed by atoms with E-state index in [9.17, 15) is 87.9 Å². The van der Waals surface area contributed by atoms with E-state index in [4.69, 9.17) is 17.2 Å². The summed E-state index contributed by atoms with van der Waals surface area (Å²) < 4.78 is 0. The summed E-state index contributed by atoms with van der Waals surface area (Å²) in [6.07, 6.45) is -1.32. The van der Waals surface area contributed by atoms with E-state index in [1.807, 2.05) is 6.07 Å². The zero-order valence-electron chi connectivity index (χ0n) is 68.4. The lowest BCUT2D eigenvalue weighted by molar-refractivity contribution is -0.139. The van der Waals surface area contributed by atoms with Crippen molar-refractivity contribution >= 4 is 105 Å². The molecule has 4 aromatic carbocycles. The molecule has 0 unspecified atom stereocenters. The van der Waals surface area contributed by atoms with Gasteiger partial charge in [0.25, 0.3) is 0 Å². The van der Waals surface area contributed by atoms with Gasteiger partial charge < -0.3 is 117 Å². The third-order valence-electron chi connectivity index (χ3n) is 20.1. The fourth-order valence-electron chi connectivity index (χ4n) is 13.2. The number of aromatic amines is 1. The third kappa shape index (κ3) is 32.6. The number of aliphatic carboxylic acids is 1. The number of phenols is 1. The van der Waals surface area contributed by atoms with Crippen molar-refractivity contribution < 1.29 is 102 Å². The first-order valence-corrected chi connectivity index (χ1v) is 40.1. The van der Waals surface area contributed by atoms with Crippen LogP contribution in [0.5, 0.6) is 5.75 Å². The molecule has 121 heavy (non-hydrogen) atoms. The second-order valence-corrected chi connectivity index (χ2v) is 30.7. The Morgan fingerprint density at radius 3 is 1.40 bits per heavy atom. The summed E-state index contributed by atoms with van der Waals surface area (Å²) in [5.74, 6) is -16.8. The summed E-state index contributed by atoms with van der Waals surface area (Å²) in [6, 6.07) is 5.11. The number of aromatic hydroxyl groups is 1. The van der Waals surface area contributed by atoms with Gasteiger partial charge in [-0.25, -0.2) is 4.98 Å². The Labute approximate surface area is 698 Å². The molecule has 15 amide bonds. The monoisotopic (exact) mass is 1690 g/mol. The maximum atomic E-state index is 15.3. The molecule has 39 nitrogen and oxygen atoms in total. The topological polar surface area (TPSA) is 637 Å². The van der Waals surface area contributed by atoms with Crippen molar-refractivity contribution in [3.05, 3.63) is 132 Å². The van der Waals surface area contributed by atoms with Crippen LogP contribution in [0.1, 0.15) is 141 Å². The van der Waals surface area contributed by atoms with Gasteiger partial charge in [-0.1, -0.05) is 118 Å².